The highest BCUT2D eigenvalue weighted by Gasteiger charge is 2.16. The van der Waals surface area contributed by atoms with E-state index in [1.54, 1.807) is 0 Å². The highest BCUT2D eigenvalue weighted by Crippen LogP contribution is 2.13. The first-order valence-electron chi connectivity index (χ1n) is 7.26. The Bertz CT molecular complexity index is 231. The minimum Gasteiger partial charge on any atom is -0.328 e. The van der Waals surface area contributed by atoms with E-state index < -0.39 is 0 Å². The first kappa shape index (κ1) is 20.7. The summed E-state index contributed by atoms with van der Waals surface area (Å²) in [5.41, 5.74) is 5.11. The van der Waals surface area contributed by atoms with Crippen molar-refractivity contribution < 1.29 is 4.84 Å². The summed E-state index contributed by atoms with van der Waals surface area (Å²) in [5.74, 6) is 0.653. The minimum absolute atomic E-state index is 0.179. The van der Waals surface area contributed by atoms with Crippen LogP contribution in [0.1, 0.15) is 61.3 Å². The Morgan fingerprint density at radius 3 is 1.89 bits per heavy atom. The second-order valence-corrected chi connectivity index (χ2v) is 5.93. The molecule has 0 saturated heterocycles. The summed E-state index contributed by atoms with van der Waals surface area (Å²) in [7, 11) is 0. The zero-order valence-corrected chi connectivity index (χ0v) is 13.8. The molecule has 19 heavy (non-hydrogen) atoms. The topological polar surface area (TPSA) is 62.3 Å². The number of rotatable bonds is 7. The maximum Gasteiger partial charge on any atom is 0.0737 e. The molecule has 4 nitrogen and oxygen atoms in total. The van der Waals surface area contributed by atoms with Crippen molar-refractivity contribution in [3.05, 3.63) is 0 Å². The van der Waals surface area contributed by atoms with Gasteiger partial charge in [0.25, 0.3) is 0 Å². The van der Waals surface area contributed by atoms with E-state index in [4.69, 9.17) is 15.8 Å². The van der Waals surface area contributed by atoms with Crippen LogP contribution >= 0.6 is 0 Å². The lowest BCUT2D eigenvalue weighted by Crippen LogP contribution is -2.37. The number of hydrogen-bond acceptors (Lipinski definition) is 4. The summed E-state index contributed by atoms with van der Waals surface area (Å²) in [6, 6.07) is 2.87. The molecule has 0 bridgehead atoms. The maximum atomic E-state index is 8.58. The Morgan fingerprint density at radius 1 is 1.11 bits per heavy atom. The van der Waals surface area contributed by atoms with Gasteiger partial charge in [-0.25, -0.2) is 0 Å². The molecule has 0 aromatic rings. The molecule has 0 aliphatic heterocycles. The largest absolute Gasteiger partial charge is 0.328 e. The maximum absolute atomic E-state index is 8.58. The third-order valence-electron chi connectivity index (χ3n) is 2.09. The fraction of sp³-hybridized carbons (Fsp3) is 0.933. The van der Waals surface area contributed by atoms with Gasteiger partial charge in [0, 0.05) is 12.6 Å². The number of hydrogen-bond donors (Lipinski definition) is 1. The minimum atomic E-state index is 0.179. The molecular formula is C15H33N3O. The van der Waals surface area contributed by atoms with Crippen LogP contribution in [0.15, 0.2) is 0 Å². The Hall–Kier alpha value is -0.630. The van der Waals surface area contributed by atoms with Crippen LogP contribution in [0.3, 0.4) is 0 Å². The van der Waals surface area contributed by atoms with Crippen LogP contribution in [0.25, 0.3) is 0 Å². The second-order valence-electron chi connectivity index (χ2n) is 5.93. The van der Waals surface area contributed by atoms with E-state index >= 15 is 0 Å². The Morgan fingerprint density at radius 2 is 1.58 bits per heavy atom. The lowest BCUT2D eigenvalue weighted by atomic mass is 10.1. The first-order valence-corrected chi connectivity index (χ1v) is 7.26. The number of nitriles is 1. The van der Waals surface area contributed by atoms with E-state index in [1.807, 2.05) is 32.8 Å². The van der Waals surface area contributed by atoms with E-state index in [2.05, 4.69) is 26.8 Å². The van der Waals surface area contributed by atoms with Gasteiger partial charge in [-0.3, -0.25) is 4.84 Å². The fourth-order valence-electron chi connectivity index (χ4n) is 1.61. The molecule has 2 N–H and O–H groups in total. The molecule has 0 aliphatic carbocycles. The van der Waals surface area contributed by atoms with E-state index in [0.717, 1.165) is 6.42 Å². The van der Waals surface area contributed by atoms with Crippen molar-refractivity contribution in [2.45, 2.75) is 79.5 Å². The van der Waals surface area contributed by atoms with Crippen LogP contribution in [-0.2, 0) is 4.84 Å². The third kappa shape index (κ3) is 17.4. The van der Waals surface area contributed by atoms with Gasteiger partial charge in [-0.1, -0.05) is 27.7 Å². The Labute approximate surface area is 119 Å². The fourth-order valence-corrected chi connectivity index (χ4v) is 1.61. The van der Waals surface area contributed by atoms with E-state index in [9.17, 15) is 0 Å². The van der Waals surface area contributed by atoms with Crippen molar-refractivity contribution in [3.63, 3.8) is 0 Å². The van der Waals surface area contributed by atoms with Gasteiger partial charge in [-0.05, 0) is 39.2 Å². The number of nitrogens with two attached hydrogens (primary N) is 1. The van der Waals surface area contributed by atoms with Crippen LogP contribution in [0.4, 0.5) is 0 Å². The SMILES string of the molecule is CC(C)CC(C)N(CCC#N)OC(C)C.CC(C)N. The third-order valence-corrected chi connectivity index (χ3v) is 2.09. The zero-order chi connectivity index (χ0) is 15.4. The quantitative estimate of drug-likeness (QED) is 0.721. The van der Waals surface area contributed by atoms with Crippen molar-refractivity contribution in [1.29, 1.82) is 5.26 Å². The van der Waals surface area contributed by atoms with Gasteiger partial charge in [0.2, 0.25) is 0 Å². The van der Waals surface area contributed by atoms with Crippen molar-refractivity contribution >= 4 is 0 Å². The van der Waals surface area contributed by atoms with Crippen molar-refractivity contribution in [3.8, 4) is 6.07 Å². The number of hydroxylamine groups is 2. The van der Waals surface area contributed by atoms with Crippen molar-refractivity contribution in [1.82, 2.24) is 5.06 Å². The van der Waals surface area contributed by atoms with E-state index in [1.165, 1.54) is 0 Å². The molecule has 4 heteroatoms. The molecule has 1 atom stereocenters. The monoisotopic (exact) mass is 271 g/mol. The zero-order valence-electron chi connectivity index (χ0n) is 13.8. The highest BCUT2D eigenvalue weighted by atomic mass is 16.7. The van der Waals surface area contributed by atoms with Gasteiger partial charge >= 0.3 is 0 Å². The lowest BCUT2D eigenvalue weighted by Gasteiger charge is -2.30. The lowest BCUT2D eigenvalue weighted by molar-refractivity contribution is -0.210. The smallest absolute Gasteiger partial charge is 0.0737 e. The molecule has 0 spiro atoms. The summed E-state index contributed by atoms with van der Waals surface area (Å²) in [6.45, 7) is 15.2. The van der Waals surface area contributed by atoms with Gasteiger partial charge in [-0.2, -0.15) is 10.3 Å². The summed E-state index contributed by atoms with van der Waals surface area (Å²) in [4.78, 5) is 5.70. The first-order chi connectivity index (χ1) is 8.70. The molecule has 0 aromatic carbocycles. The van der Waals surface area contributed by atoms with Gasteiger partial charge in [0.05, 0.1) is 18.6 Å². The standard InChI is InChI=1S/C12H24N2O.C3H9N/c1-10(2)9-12(5)14(8-6-7-13)15-11(3)4;1-3(2)4/h10-12H,6,8-9H2,1-5H3;3H,4H2,1-2H3. The average Bonchev–Trinajstić information content (AvgIpc) is 2.21. The molecule has 1 unspecified atom stereocenters. The summed E-state index contributed by atoms with van der Waals surface area (Å²) < 4.78 is 0. The van der Waals surface area contributed by atoms with Gasteiger partial charge in [0.15, 0.2) is 0 Å². The molecule has 0 amide bonds. The van der Waals surface area contributed by atoms with Crippen LogP contribution in [0, 0.1) is 17.2 Å². The highest BCUT2D eigenvalue weighted by molar-refractivity contribution is 4.72. The summed E-state index contributed by atoms with van der Waals surface area (Å²) in [6.07, 6.45) is 1.80. The van der Waals surface area contributed by atoms with Crippen molar-refractivity contribution in [2.75, 3.05) is 6.54 Å². The molecule has 0 radical (unpaired) electrons. The van der Waals surface area contributed by atoms with Gasteiger partial charge < -0.3 is 5.73 Å². The van der Waals surface area contributed by atoms with Crippen LogP contribution in [0.2, 0.25) is 0 Å². The predicted octanol–water partition coefficient (Wildman–Crippen LogP) is 3.33. The molecule has 0 saturated carbocycles. The molecule has 0 aliphatic rings. The molecule has 114 valence electrons. The molecule has 0 fully saturated rings. The molecule has 0 heterocycles. The molecule has 0 aromatic heterocycles. The number of nitrogens with zero attached hydrogens (tertiary/aromatic N) is 2. The predicted molar refractivity (Wildman–Crippen MR) is 81.4 cm³/mol. The van der Waals surface area contributed by atoms with Gasteiger partial charge in [0.1, 0.15) is 0 Å². The van der Waals surface area contributed by atoms with Crippen LogP contribution < -0.4 is 5.73 Å². The summed E-state index contributed by atoms with van der Waals surface area (Å²) >= 11 is 0. The van der Waals surface area contributed by atoms with E-state index in [-0.39, 0.29) is 6.10 Å². The molecular weight excluding hydrogens is 238 g/mol. The van der Waals surface area contributed by atoms with E-state index in [0.29, 0.717) is 31.0 Å². The second kappa shape index (κ2) is 12.4. The average molecular weight is 271 g/mol. The van der Waals surface area contributed by atoms with Gasteiger partial charge in [-0.15, -0.1) is 0 Å². The van der Waals surface area contributed by atoms with Crippen LogP contribution in [-0.4, -0.2) is 29.8 Å². The van der Waals surface area contributed by atoms with Crippen molar-refractivity contribution in [2.24, 2.45) is 11.7 Å². The summed E-state index contributed by atoms with van der Waals surface area (Å²) in [5, 5.41) is 10.5. The normalized spacial score (nSPS) is 12.6. The Balaban J connectivity index is 0. The Kier molecular flexibility index (Phi) is 13.5. The molecule has 0 rings (SSSR count). The van der Waals surface area contributed by atoms with Crippen LogP contribution in [0.5, 0.6) is 0 Å².